The van der Waals surface area contributed by atoms with Crippen LogP contribution in [0, 0.1) is 0 Å². The van der Waals surface area contributed by atoms with Crippen molar-refractivity contribution in [2.75, 3.05) is 0 Å². The van der Waals surface area contributed by atoms with E-state index < -0.39 is 21.2 Å². The summed E-state index contributed by atoms with van der Waals surface area (Å²) in [4.78, 5) is 0.168. The topological polar surface area (TPSA) is 54.4 Å². The number of halogens is 2. The third-order valence-electron chi connectivity index (χ3n) is 3.29. The van der Waals surface area contributed by atoms with Gasteiger partial charge in [-0.05, 0) is 31.2 Å². The van der Waals surface area contributed by atoms with Gasteiger partial charge in [-0.1, -0.05) is 47.5 Å². The van der Waals surface area contributed by atoms with E-state index >= 15 is 0 Å². The Hall–Kier alpha value is -1.07. The van der Waals surface area contributed by atoms with Crippen LogP contribution in [0.4, 0.5) is 0 Å². The minimum absolute atomic E-state index is 0.168. The average Bonchev–Trinajstić information content (AvgIpc) is 2.46. The Balaban J connectivity index is 2.37. The largest absolute Gasteiger partial charge is 0.387 e. The summed E-state index contributed by atoms with van der Waals surface area (Å²) < 4.78 is 25.0. The molecule has 0 saturated heterocycles. The van der Waals surface area contributed by atoms with Gasteiger partial charge in [0.2, 0.25) is 0 Å². The molecule has 2 aromatic carbocycles. The van der Waals surface area contributed by atoms with Gasteiger partial charge in [0.25, 0.3) is 0 Å². The van der Waals surface area contributed by atoms with Crippen LogP contribution in [0.5, 0.6) is 0 Å². The molecule has 0 unspecified atom stereocenters. The lowest BCUT2D eigenvalue weighted by Crippen LogP contribution is -2.25. The molecule has 0 aliphatic rings. The minimum Gasteiger partial charge on any atom is -0.387 e. The molecule has 1 N–H and O–H groups in total. The molecule has 0 bridgehead atoms. The molecule has 0 radical (unpaired) electrons. The summed E-state index contributed by atoms with van der Waals surface area (Å²) in [5.74, 6) is 0. The van der Waals surface area contributed by atoms with Gasteiger partial charge in [-0.15, -0.1) is 0 Å². The first-order valence-electron chi connectivity index (χ1n) is 6.26. The SMILES string of the molecule is C[C@@H]([C@H](O)c1ccc(Cl)cc1Cl)S(=O)(=O)c1ccccc1. The van der Waals surface area contributed by atoms with Gasteiger partial charge in [-0.25, -0.2) is 8.42 Å². The van der Waals surface area contributed by atoms with Crippen molar-refractivity contribution in [1.82, 2.24) is 0 Å². The van der Waals surface area contributed by atoms with Crippen LogP contribution in [0.1, 0.15) is 18.6 Å². The van der Waals surface area contributed by atoms with Crippen molar-refractivity contribution in [1.29, 1.82) is 0 Å². The molecule has 0 fully saturated rings. The minimum atomic E-state index is -3.65. The van der Waals surface area contributed by atoms with Gasteiger partial charge in [0, 0.05) is 15.6 Å². The fraction of sp³-hybridized carbons (Fsp3) is 0.200. The highest BCUT2D eigenvalue weighted by molar-refractivity contribution is 7.92. The van der Waals surface area contributed by atoms with Crippen LogP contribution in [-0.2, 0) is 9.84 Å². The van der Waals surface area contributed by atoms with Gasteiger partial charge in [0.05, 0.1) is 16.2 Å². The quantitative estimate of drug-likeness (QED) is 0.915. The van der Waals surface area contributed by atoms with Crippen molar-refractivity contribution in [3.05, 3.63) is 64.1 Å². The molecule has 6 heteroatoms. The van der Waals surface area contributed by atoms with Crippen LogP contribution >= 0.6 is 23.2 Å². The molecule has 2 atom stereocenters. The molecule has 0 aliphatic carbocycles. The Kier molecular flexibility index (Phi) is 4.94. The first kappa shape index (κ1) is 16.3. The van der Waals surface area contributed by atoms with E-state index in [-0.39, 0.29) is 9.92 Å². The normalized spacial score (nSPS) is 14.7. The molecule has 0 saturated carbocycles. The van der Waals surface area contributed by atoms with E-state index in [4.69, 9.17) is 23.2 Å². The monoisotopic (exact) mass is 344 g/mol. The van der Waals surface area contributed by atoms with Gasteiger partial charge >= 0.3 is 0 Å². The van der Waals surface area contributed by atoms with E-state index in [2.05, 4.69) is 0 Å². The Bertz CT molecular complexity index is 730. The smallest absolute Gasteiger partial charge is 0.183 e. The van der Waals surface area contributed by atoms with Crippen molar-refractivity contribution >= 4 is 33.0 Å². The molecular formula is C15H14Cl2O3S. The number of hydrogen-bond donors (Lipinski definition) is 1. The molecule has 2 rings (SSSR count). The molecule has 2 aromatic rings. The maximum atomic E-state index is 12.5. The van der Waals surface area contributed by atoms with E-state index in [1.807, 2.05) is 0 Å². The highest BCUT2D eigenvalue weighted by Gasteiger charge is 2.31. The molecule has 0 aliphatic heterocycles. The van der Waals surface area contributed by atoms with Crippen LogP contribution in [0.25, 0.3) is 0 Å². The Labute approximate surface area is 134 Å². The predicted octanol–water partition coefficient (Wildman–Crippen LogP) is 3.89. The molecule has 0 aromatic heterocycles. The van der Waals surface area contributed by atoms with E-state index in [0.717, 1.165) is 0 Å². The average molecular weight is 345 g/mol. The third kappa shape index (κ3) is 3.40. The fourth-order valence-electron chi connectivity index (χ4n) is 1.99. The second-order valence-electron chi connectivity index (χ2n) is 4.67. The lowest BCUT2D eigenvalue weighted by molar-refractivity contribution is 0.176. The van der Waals surface area contributed by atoms with Crippen LogP contribution in [0.2, 0.25) is 10.0 Å². The van der Waals surface area contributed by atoms with Crippen LogP contribution in [-0.4, -0.2) is 18.8 Å². The van der Waals surface area contributed by atoms with Gasteiger partial charge in [-0.2, -0.15) is 0 Å². The van der Waals surface area contributed by atoms with Crippen molar-refractivity contribution in [2.24, 2.45) is 0 Å². The zero-order valence-electron chi connectivity index (χ0n) is 11.2. The summed E-state index contributed by atoms with van der Waals surface area (Å²) in [7, 11) is -3.65. The van der Waals surface area contributed by atoms with E-state index in [0.29, 0.717) is 10.6 Å². The summed E-state index contributed by atoms with van der Waals surface area (Å²) in [6.07, 6.45) is -1.24. The highest BCUT2D eigenvalue weighted by Crippen LogP contribution is 2.32. The molecular weight excluding hydrogens is 331 g/mol. The lowest BCUT2D eigenvalue weighted by Gasteiger charge is -2.20. The Morgan fingerprint density at radius 2 is 1.67 bits per heavy atom. The van der Waals surface area contributed by atoms with Crippen molar-refractivity contribution in [2.45, 2.75) is 23.2 Å². The number of benzene rings is 2. The predicted molar refractivity (Wildman–Crippen MR) is 84.5 cm³/mol. The number of sulfone groups is 1. The first-order valence-corrected chi connectivity index (χ1v) is 8.56. The maximum absolute atomic E-state index is 12.5. The summed E-state index contributed by atoms with van der Waals surface area (Å²) in [6.45, 7) is 1.46. The van der Waals surface area contributed by atoms with Crippen LogP contribution in [0.15, 0.2) is 53.4 Å². The van der Waals surface area contributed by atoms with Crippen LogP contribution in [0.3, 0.4) is 0 Å². The van der Waals surface area contributed by atoms with Gasteiger partial charge in [0.15, 0.2) is 9.84 Å². The highest BCUT2D eigenvalue weighted by atomic mass is 35.5. The summed E-state index contributed by atoms with van der Waals surface area (Å²) in [6, 6.07) is 12.6. The summed E-state index contributed by atoms with van der Waals surface area (Å²) in [5, 5.41) is 9.99. The van der Waals surface area contributed by atoms with E-state index in [1.165, 1.54) is 31.2 Å². The number of hydrogen-bond acceptors (Lipinski definition) is 3. The molecule has 3 nitrogen and oxygen atoms in total. The van der Waals surface area contributed by atoms with Gasteiger partial charge < -0.3 is 5.11 Å². The fourth-order valence-corrected chi connectivity index (χ4v) is 3.96. The third-order valence-corrected chi connectivity index (χ3v) is 6.02. The van der Waals surface area contributed by atoms with Gasteiger partial charge in [-0.3, -0.25) is 0 Å². The summed E-state index contributed by atoms with van der Waals surface area (Å²) in [5.41, 5.74) is 0.341. The maximum Gasteiger partial charge on any atom is 0.183 e. The molecule has 21 heavy (non-hydrogen) atoms. The first-order chi connectivity index (χ1) is 9.84. The number of aliphatic hydroxyl groups excluding tert-OH is 1. The van der Waals surface area contributed by atoms with E-state index in [1.54, 1.807) is 24.3 Å². The Morgan fingerprint density at radius 1 is 1.05 bits per heavy atom. The van der Waals surface area contributed by atoms with Crippen molar-refractivity contribution < 1.29 is 13.5 Å². The van der Waals surface area contributed by atoms with Crippen LogP contribution < -0.4 is 0 Å². The second kappa shape index (κ2) is 6.36. The summed E-state index contributed by atoms with van der Waals surface area (Å²) >= 11 is 11.8. The van der Waals surface area contributed by atoms with Crippen molar-refractivity contribution in [3.63, 3.8) is 0 Å². The molecule has 0 amide bonds. The number of rotatable bonds is 4. The van der Waals surface area contributed by atoms with Crippen molar-refractivity contribution in [3.8, 4) is 0 Å². The van der Waals surface area contributed by atoms with Gasteiger partial charge in [0.1, 0.15) is 0 Å². The standard InChI is InChI=1S/C15H14Cl2O3S/c1-10(21(19,20)12-5-3-2-4-6-12)15(18)13-8-7-11(16)9-14(13)17/h2-10,15,18H,1H3/t10-,15-/m0/s1. The van der Waals surface area contributed by atoms with E-state index in [9.17, 15) is 13.5 Å². The second-order valence-corrected chi connectivity index (χ2v) is 7.82. The lowest BCUT2D eigenvalue weighted by atomic mass is 10.1. The molecule has 0 heterocycles. The molecule has 112 valence electrons. The zero-order chi connectivity index (χ0) is 15.6. The molecule has 0 spiro atoms. The zero-order valence-corrected chi connectivity index (χ0v) is 13.5. The Morgan fingerprint density at radius 3 is 2.24 bits per heavy atom. The number of aliphatic hydroxyl groups is 1.